The Morgan fingerprint density at radius 3 is 2.68 bits per heavy atom. The van der Waals surface area contributed by atoms with Crippen LogP contribution in [0.2, 0.25) is 0 Å². The zero-order chi connectivity index (χ0) is 14.0. The fraction of sp³-hybridized carbons (Fsp3) is 0.333. The van der Waals surface area contributed by atoms with Gasteiger partial charge >= 0.3 is 6.03 Å². The van der Waals surface area contributed by atoms with Crippen molar-refractivity contribution in [3.8, 4) is 0 Å². The topological polar surface area (TPSA) is 106 Å². The third-order valence-corrected chi connectivity index (χ3v) is 2.19. The van der Waals surface area contributed by atoms with E-state index in [1.54, 1.807) is 18.3 Å². The van der Waals surface area contributed by atoms with Gasteiger partial charge in [0.25, 0.3) is 0 Å². The number of nitrogens with two attached hydrogens (primary N) is 1. The minimum absolute atomic E-state index is 0.149. The number of urea groups is 1. The molecule has 0 saturated carbocycles. The Balaban J connectivity index is 2.19. The second kappa shape index (κ2) is 4.68. The van der Waals surface area contributed by atoms with Crippen molar-refractivity contribution in [2.45, 2.75) is 26.3 Å². The quantitative estimate of drug-likeness (QED) is 0.721. The van der Waals surface area contributed by atoms with Crippen LogP contribution >= 0.6 is 0 Å². The number of aromatic nitrogens is 3. The van der Waals surface area contributed by atoms with Crippen molar-refractivity contribution in [1.82, 2.24) is 20.3 Å². The molecule has 0 radical (unpaired) electrons. The number of carbonyl (C=O) groups excluding carboxylic acids is 1. The molecule has 0 atom stereocenters. The van der Waals surface area contributed by atoms with Gasteiger partial charge in [0.2, 0.25) is 5.95 Å². The SMILES string of the molecule is CC(C)(C)NC(=O)Nc1ccc2cnc(N)nc2n1. The summed E-state index contributed by atoms with van der Waals surface area (Å²) in [5, 5.41) is 6.19. The molecule has 2 amide bonds. The maximum atomic E-state index is 11.7. The van der Waals surface area contributed by atoms with Crippen LogP contribution in [0.1, 0.15) is 20.8 Å². The number of anilines is 2. The number of carbonyl (C=O) groups is 1. The molecule has 0 unspecified atom stereocenters. The molecule has 2 aromatic heterocycles. The van der Waals surface area contributed by atoms with Gasteiger partial charge in [0.05, 0.1) is 0 Å². The number of hydrogen-bond acceptors (Lipinski definition) is 5. The van der Waals surface area contributed by atoms with Crippen LogP contribution in [0.5, 0.6) is 0 Å². The molecule has 0 saturated heterocycles. The van der Waals surface area contributed by atoms with Gasteiger partial charge in [-0.3, -0.25) is 5.32 Å². The molecular formula is C12H16N6O. The minimum Gasteiger partial charge on any atom is -0.368 e. The molecule has 0 aliphatic heterocycles. The summed E-state index contributed by atoms with van der Waals surface area (Å²) in [4.78, 5) is 23.8. The van der Waals surface area contributed by atoms with E-state index in [0.717, 1.165) is 5.39 Å². The van der Waals surface area contributed by atoms with Crippen molar-refractivity contribution < 1.29 is 4.79 Å². The predicted molar refractivity (Wildman–Crippen MR) is 73.7 cm³/mol. The Labute approximate surface area is 110 Å². The van der Waals surface area contributed by atoms with Crippen LogP contribution in [-0.4, -0.2) is 26.5 Å². The fourth-order valence-corrected chi connectivity index (χ4v) is 1.48. The first-order valence-corrected chi connectivity index (χ1v) is 5.82. The van der Waals surface area contributed by atoms with E-state index in [9.17, 15) is 4.79 Å². The average molecular weight is 260 g/mol. The molecule has 2 heterocycles. The lowest BCUT2D eigenvalue weighted by atomic mass is 10.1. The fourth-order valence-electron chi connectivity index (χ4n) is 1.48. The molecule has 0 aliphatic carbocycles. The van der Waals surface area contributed by atoms with E-state index >= 15 is 0 Å². The Bertz CT molecular complexity index is 619. The van der Waals surface area contributed by atoms with E-state index in [-0.39, 0.29) is 17.5 Å². The number of nitrogens with one attached hydrogen (secondary N) is 2. The maximum absolute atomic E-state index is 11.7. The zero-order valence-electron chi connectivity index (χ0n) is 11.1. The smallest absolute Gasteiger partial charge is 0.320 e. The molecular weight excluding hydrogens is 244 g/mol. The molecule has 7 nitrogen and oxygen atoms in total. The molecule has 2 rings (SSSR count). The number of rotatable bonds is 1. The number of hydrogen-bond donors (Lipinski definition) is 3. The molecule has 0 bridgehead atoms. The summed E-state index contributed by atoms with van der Waals surface area (Å²) in [6.07, 6.45) is 1.59. The van der Waals surface area contributed by atoms with Crippen LogP contribution in [0, 0.1) is 0 Å². The average Bonchev–Trinajstić information content (AvgIpc) is 2.25. The van der Waals surface area contributed by atoms with E-state index < -0.39 is 0 Å². The van der Waals surface area contributed by atoms with Gasteiger partial charge in [0, 0.05) is 17.1 Å². The predicted octanol–water partition coefficient (Wildman–Crippen LogP) is 1.53. The molecule has 4 N–H and O–H groups in total. The van der Waals surface area contributed by atoms with E-state index in [1.807, 2.05) is 20.8 Å². The van der Waals surface area contributed by atoms with Crippen LogP contribution in [0.15, 0.2) is 18.3 Å². The third kappa shape index (κ3) is 3.51. The molecule has 7 heteroatoms. The van der Waals surface area contributed by atoms with Gasteiger partial charge in [0.15, 0.2) is 5.65 Å². The van der Waals surface area contributed by atoms with Crippen molar-refractivity contribution in [2.24, 2.45) is 0 Å². The van der Waals surface area contributed by atoms with Gasteiger partial charge in [-0.2, -0.15) is 4.98 Å². The number of pyridine rings is 1. The van der Waals surface area contributed by atoms with Crippen LogP contribution in [-0.2, 0) is 0 Å². The summed E-state index contributed by atoms with van der Waals surface area (Å²) in [6.45, 7) is 5.69. The van der Waals surface area contributed by atoms with E-state index in [0.29, 0.717) is 11.5 Å². The molecule has 0 fully saturated rings. The second-order valence-electron chi connectivity index (χ2n) is 5.17. The highest BCUT2D eigenvalue weighted by atomic mass is 16.2. The van der Waals surface area contributed by atoms with Gasteiger partial charge in [0.1, 0.15) is 5.82 Å². The van der Waals surface area contributed by atoms with Gasteiger partial charge in [-0.25, -0.2) is 14.8 Å². The van der Waals surface area contributed by atoms with Crippen molar-refractivity contribution in [3.05, 3.63) is 18.3 Å². The minimum atomic E-state index is -0.318. The van der Waals surface area contributed by atoms with Crippen LogP contribution in [0.3, 0.4) is 0 Å². The highest BCUT2D eigenvalue weighted by Crippen LogP contribution is 2.13. The van der Waals surface area contributed by atoms with Crippen molar-refractivity contribution in [2.75, 3.05) is 11.1 Å². The number of nitrogens with zero attached hydrogens (tertiary/aromatic N) is 3. The normalized spacial score (nSPS) is 11.3. The van der Waals surface area contributed by atoms with E-state index in [1.165, 1.54) is 0 Å². The Morgan fingerprint density at radius 1 is 1.26 bits per heavy atom. The lowest BCUT2D eigenvalue weighted by molar-refractivity contribution is 0.243. The van der Waals surface area contributed by atoms with Gasteiger partial charge in [-0.05, 0) is 32.9 Å². The molecule has 2 aromatic rings. The summed E-state index contributed by atoms with van der Waals surface area (Å²) < 4.78 is 0. The first kappa shape index (κ1) is 13.0. The summed E-state index contributed by atoms with van der Waals surface area (Å²) in [7, 11) is 0. The Morgan fingerprint density at radius 2 is 2.00 bits per heavy atom. The largest absolute Gasteiger partial charge is 0.368 e. The number of nitrogen functional groups attached to an aromatic ring is 1. The summed E-state index contributed by atoms with van der Waals surface area (Å²) in [5.41, 5.74) is 5.63. The van der Waals surface area contributed by atoms with Crippen molar-refractivity contribution in [3.63, 3.8) is 0 Å². The lowest BCUT2D eigenvalue weighted by Gasteiger charge is -2.20. The van der Waals surface area contributed by atoms with Crippen LogP contribution in [0.4, 0.5) is 16.6 Å². The molecule has 0 aliphatic rings. The van der Waals surface area contributed by atoms with Crippen LogP contribution < -0.4 is 16.4 Å². The second-order valence-corrected chi connectivity index (χ2v) is 5.17. The van der Waals surface area contributed by atoms with E-state index in [2.05, 4.69) is 25.6 Å². The molecule has 0 spiro atoms. The highest BCUT2D eigenvalue weighted by molar-refractivity contribution is 5.90. The monoisotopic (exact) mass is 260 g/mol. The van der Waals surface area contributed by atoms with Crippen LogP contribution in [0.25, 0.3) is 11.0 Å². The molecule has 0 aromatic carbocycles. The van der Waals surface area contributed by atoms with Gasteiger partial charge in [-0.1, -0.05) is 0 Å². The molecule has 19 heavy (non-hydrogen) atoms. The van der Waals surface area contributed by atoms with Gasteiger partial charge < -0.3 is 11.1 Å². The van der Waals surface area contributed by atoms with Gasteiger partial charge in [-0.15, -0.1) is 0 Å². The third-order valence-electron chi connectivity index (χ3n) is 2.19. The molecule has 100 valence electrons. The maximum Gasteiger partial charge on any atom is 0.320 e. The Hall–Kier alpha value is -2.44. The number of fused-ring (bicyclic) bond motifs is 1. The summed E-state index contributed by atoms with van der Waals surface area (Å²) >= 11 is 0. The summed E-state index contributed by atoms with van der Waals surface area (Å²) in [5.74, 6) is 0.559. The number of amides is 2. The first-order chi connectivity index (χ1) is 8.83. The highest BCUT2D eigenvalue weighted by Gasteiger charge is 2.14. The first-order valence-electron chi connectivity index (χ1n) is 5.82. The lowest BCUT2D eigenvalue weighted by Crippen LogP contribution is -2.43. The standard InChI is InChI=1S/C12H16N6O/c1-12(2,3)18-11(19)16-8-5-4-7-6-14-10(13)17-9(7)15-8/h4-6H,1-3H3,(H4,13,14,15,16,17,18,19). The Kier molecular flexibility index (Phi) is 3.20. The van der Waals surface area contributed by atoms with Crippen molar-refractivity contribution in [1.29, 1.82) is 0 Å². The van der Waals surface area contributed by atoms with Crippen molar-refractivity contribution >= 4 is 28.8 Å². The van der Waals surface area contributed by atoms with E-state index in [4.69, 9.17) is 5.73 Å². The zero-order valence-corrected chi connectivity index (χ0v) is 11.1. The summed E-state index contributed by atoms with van der Waals surface area (Å²) in [6, 6.07) is 3.14.